The van der Waals surface area contributed by atoms with E-state index in [2.05, 4.69) is 0 Å². The molecule has 22 heavy (non-hydrogen) atoms. The highest BCUT2D eigenvalue weighted by atomic mass is 35.5. The molecule has 0 aromatic heterocycles. The molecule has 0 aliphatic rings. The molecule has 3 nitrogen and oxygen atoms in total. The van der Waals surface area contributed by atoms with Crippen LogP contribution in [-0.4, -0.2) is 31.7 Å². The first kappa shape index (κ1) is 16.5. The Balaban J connectivity index is 2.17. The van der Waals surface area contributed by atoms with Crippen LogP contribution in [0.4, 0.5) is 0 Å². The van der Waals surface area contributed by atoms with Crippen molar-refractivity contribution in [1.29, 1.82) is 0 Å². The summed E-state index contributed by atoms with van der Waals surface area (Å²) in [6.45, 7) is 0.473. The summed E-state index contributed by atoms with van der Waals surface area (Å²) in [5.74, 6) is -0.757. The van der Waals surface area contributed by atoms with Crippen LogP contribution in [0.3, 0.4) is 0 Å². The molecule has 2 aromatic carbocycles. The molecule has 0 heterocycles. The van der Waals surface area contributed by atoms with Gasteiger partial charge in [-0.2, -0.15) is 0 Å². The van der Waals surface area contributed by atoms with Crippen molar-refractivity contribution in [2.24, 2.45) is 0 Å². The second-order valence-electron chi connectivity index (χ2n) is 4.94. The molecule has 0 fully saturated rings. The number of esters is 1. The van der Waals surface area contributed by atoms with Gasteiger partial charge in [0.2, 0.25) is 0 Å². The highest BCUT2D eigenvalue weighted by Crippen LogP contribution is 2.26. The lowest BCUT2D eigenvalue weighted by atomic mass is 9.91. The van der Waals surface area contributed by atoms with E-state index in [1.165, 1.54) is 0 Å². The van der Waals surface area contributed by atoms with E-state index < -0.39 is 5.92 Å². The number of hydrogen-bond acceptors (Lipinski definition) is 3. The van der Waals surface area contributed by atoms with E-state index in [9.17, 15) is 4.79 Å². The first-order valence-electron chi connectivity index (χ1n) is 7.12. The number of methoxy groups -OCH3 is 1. The Hall–Kier alpha value is -1.84. The molecule has 116 valence electrons. The molecule has 0 aliphatic carbocycles. The first-order valence-corrected chi connectivity index (χ1v) is 7.55. The minimum atomic E-state index is -0.450. The van der Waals surface area contributed by atoms with Crippen LogP contribution in [0.15, 0.2) is 60.7 Å². The van der Waals surface area contributed by atoms with Crippen LogP contribution in [-0.2, 0) is 14.3 Å². The highest BCUT2D eigenvalue weighted by Gasteiger charge is 2.24. The predicted octanol–water partition coefficient (Wildman–Crippen LogP) is 3.62. The fourth-order valence-electron chi connectivity index (χ4n) is 2.24. The lowest BCUT2D eigenvalue weighted by Gasteiger charge is -2.18. The van der Waals surface area contributed by atoms with Crippen molar-refractivity contribution in [3.8, 4) is 0 Å². The summed E-state index contributed by atoms with van der Waals surface area (Å²) < 4.78 is 10.3. The smallest absolute Gasteiger partial charge is 0.317 e. The number of rotatable bonds is 7. The number of carbonyl (C=O) groups excluding carboxylic acids is 1. The van der Waals surface area contributed by atoms with Crippen LogP contribution < -0.4 is 0 Å². The van der Waals surface area contributed by atoms with Gasteiger partial charge < -0.3 is 9.47 Å². The van der Waals surface area contributed by atoms with Crippen molar-refractivity contribution >= 4 is 17.6 Å². The topological polar surface area (TPSA) is 35.5 Å². The van der Waals surface area contributed by atoms with Crippen molar-refractivity contribution in [3.05, 3.63) is 71.8 Å². The number of hydrogen-bond donors (Lipinski definition) is 0. The molecule has 0 saturated carbocycles. The normalized spacial score (nSPS) is 12.1. The van der Waals surface area contributed by atoms with E-state index in [0.29, 0.717) is 6.61 Å². The summed E-state index contributed by atoms with van der Waals surface area (Å²) >= 11 is 6.02. The molecule has 0 saturated heterocycles. The zero-order chi connectivity index (χ0) is 15.8. The largest absolute Gasteiger partial charge is 0.463 e. The van der Waals surface area contributed by atoms with Gasteiger partial charge in [0, 0.05) is 7.11 Å². The zero-order valence-electron chi connectivity index (χ0n) is 12.4. The quantitative estimate of drug-likeness (QED) is 0.578. The van der Waals surface area contributed by atoms with Crippen LogP contribution in [0.5, 0.6) is 0 Å². The summed E-state index contributed by atoms with van der Waals surface area (Å²) in [6, 6.07) is 19.2. The monoisotopic (exact) mass is 318 g/mol. The standard InChI is InChI=1S/C18H19ClO3/c1-21-12-16(19)13-22-18(20)17(14-8-4-2-5-9-14)15-10-6-3-7-11-15/h2-11,16-17H,12-13H2,1H3/t16-/m0/s1. The van der Waals surface area contributed by atoms with Gasteiger partial charge in [-0.3, -0.25) is 4.79 Å². The third-order valence-corrected chi connectivity index (χ3v) is 3.51. The second kappa shape index (κ2) is 8.57. The van der Waals surface area contributed by atoms with Crippen molar-refractivity contribution in [3.63, 3.8) is 0 Å². The Labute approximate surface area is 135 Å². The molecule has 0 N–H and O–H groups in total. The third kappa shape index (κ3) is 4.58. The Bertz CT molecular complexity index is 532. The molecule has 0 spiro atoms. The van der Waals surface area contributed by atoms with Gasteiger partial charge in [0.15, 0.2) is 0 Å². The van der Waals surface area contributed by atoms with Gasteiger partial charge in [-0.05, 0) is 11.1 Å². The summed E-state index contributed by atoms with van der Waals surface area (Å²) in [7, 11) is 1.56. The van der Waals surface area contributed by atoms with Gasteiger partial charge in [0.25, 0.3) is 0 Å². The lowest BCUT2D eigenvalue weighted by Crippen LogP contribution is -2.23. The second-order valence-corrected chi connectivity index (χ2v) is 5.55. The van der Waals surface area contributed by atoms with Gasteiger partial charge in [-0.25, -0.2) is 0 Å². The fourth-order valence-corrected chi connectivity index (χ4v) is 2.43. The van der Waals surface area contributed by atoms with E-state index in [-0.39, 0.29) is 18.0 Å². The van der Waals surface area contributed by atoms with Crippen LogP contribution >= 0.6 is 11.6 Å². The molecule has 0 amide bonds. The molecule has 0 unspecified atom stereocenters. The summed E-state index contributed by atoms with van der Waals surface area (Å²) in [4.78, 5) is 12.5. The van der Waals surface area contributed by atoms with Crippen LogP contribution in [0.1, 0.15) is 17.0 Å². The van der Waals surface area contributed by atoms with E-state index in [0.717, 1.165) is 11.1 Å². The molecule has 4 heteroatoms. The van der Waals surface area contributed by atoms with E-state index in [1.54, 1.807) is 7.11 Å². The summed E-state index contributed by atoms with van der Waals surface area (Å²) in [6.07, 6.45) is 0. The third-order valence-electron chi connectivity index (χ3n) is 3.26. The Morgan fingerprint density at radius 3 is 1.91 bits per heavy atom. The van der Waals surface area contributed by atoms with Gasteiger partial charge in [-0.1, -0.05) is 60.7 Å². The lowest BCUT2D eigenvalue weighted by molar-refractivity contribution is -0.144. The molecule has 0 aliphatic heterocycles. The predicted molar refractivity (Wildman–Crippen MR) is 87.2 cm³/mol. The van der Waals surface area contributed by atoms with E-state index in [1.807, 2.05) is 60.7 Å². The number of ether oxygens (including phenoxy) is 2. The van der Waals surface area contributed by atoms with Crippen molar-refractivity contribution in [1.82, 2.24) is 0 Å². The van der Waals surface area contributed by atoms with Crippen LogP contribution in [0.25, 0.3) is 0 Å². The van der Waals surface area contributed by atoms with Crippen LogP contribution in [0.2, 0.25) is 0 Å². The molecule has 2 aromatic rings. The maximum absolute atomic E-state index is 12.5. The van der Waals surface area contributed by atoms with Crippen molar-refractivity contribution < 1.29 is 14.3 Å². The maximum Gasteiger partial charge on any atom is 0.317 e. The highest BCUT2D eigenvalue weighted by molar-refractivity contribution is 6.20. The average molecular weight is 319 g/mol. The van der Waals surface area contributed by atoms with E-state index >= 15 is 0 Å². The van der Waals surface area contributed by atoms with Gasteiger partial charge in [0.1, 0.15) is 12.5 Å². The molecular formula is C18H19ClO3. The number of carbonyl (C=O) groups is 1. The Kier molecular flexibility index (Phi) is 6.44. The SMILES string of the molecule is COC[C@H](Cl)COC(=O)C(c1ccccc1)c1ccccc1. The van der Waals surface area contributed by atoms with E-state index in [4.69, 9.17) is 21.1 Å². The number of alkyl halides is 1. The zero-order valence-corrected chi connectivity index (χ0v) is 13.2. The fraction of sp³-hybridized carbons (Fsp3) is 0.278. The maximum atomic E-state index is 12.5. The minimum Gasteiger partial charge on any atom is -0.463 e. The molecule has 0 bridgehead atoms. The van der Waals surface area contributed by atoms with Crippen molar-refractivity contribution in [2.75, 3.05) is 20.3 Å². The molecular weight excluding hydrogens is 300 g/mol. The average Bonchev–Trinajstić information content (AvgIpc) is 2.55. The van der Waals surface area contributed by atoms with Gasteiger partial charge in [-0.15, -0.1) is 11.6 Å². The molecule has 2 rings (SSSR count). The molecule has 1 atom stereocenters. The minimum absolute atomic E-state index is 0.129. The van der Waals surface area contributed by atoms with Gasteiger partial charge in [0.05, 0.1) is 12.0 Å². The number of halogens is 1. The van der Waals surface area contributed by atoms with Gasteiger partial charge >= 0.3 is 5.97 Å². The summed E-state index contributed by atoms with van der Waals surface area (Å²) in [5.41, 5.74) is 1.80. The number of benzene rings is 2. The molecule has 0 radical (unpaired) electrons. The first-order chi connectivity index (χ1) is 10.7. The van der Waals surface area contributed by atoms with Crippen LogP contribution in [0, 0.1) is 0 Å². The Morgan fingerprint density at radius 1 is 0.955 bits per heavy atom. The Morgan fingerprint density at radius 2 is 1.45 bits per heavy atom. The van der Waals surface area contributed by atoms with Crippen molar-refractivity contribution in [2.45, 2.75) is 11.3 Å². The summed E-state index contributed by atoms with van der Waals surface area (Å²) in [5, 5.41) is -0.346.